The summed E-state index contributed by atoms with van der Waals surface area (Å²) in [6.45, 7) is 8.11. The summed E-state index contributed by atoms with van der Waals surface area (Å²) in [7, 11) is 0. The Morgan fingerprint density at radius 3 is 2.16 bits per heavy atom. The Kier molecular flexibility index (Phi) is 10.3. The number of amides is 3. The molecule has 2 atom stereocenters. The van der Waals surface area contributed by atoms with E-state index in [0.29, 0.717) is 29.2 Å². The van der Waals surface area contributed by atoms with Crippen LogP contribution in [0.4, 0.5) is 14.9 Å². The molecule has 10 heteroatoms. The van der Waals surface area contributed by atoms with Gasteiger partial charge in [0, 0.05) is 25.3 Å². The number of benzene rings is 3. The van der Waals surface area contributed by atoms with Crippen LogP contribution < -0.4 is 9.64 Å². The molecule has 0 aliphatic carbocycles. The van der Waals surface area contributed by atoms with Gasteiger partial charge in [0.05, 0.1) is 6.04 Å². The van der Waals surface area contributed by atoms with Crippen molar-refractivity contribution in [3.05, 3.63) is 90.2 Å². The summed E-state index contributed by atoms with van der Waals surface area (Å²) < 4.78 is 25.4. The van der Waals surface area contributed by atoms with Crippen LogP contribution in [0, 0.1) is 5.82 Å². The quantitative estimate of drug-likeness (QED) is 0.263. The second kappa shape index (κ2) is 13.9. The summed E-state index contributed by atoms with van der Waals surface area (Å²) >= 11 is 6.08. The molecule has 3 aromatic rings. The summed E-state index contributed by atoms with van der Waals surface area (Å²) in [5.41, 5.74) is 0.199. The Balaban J connectivity index is 1.65. The Bertz CT molecular complexity index is 1400. The number of hydrogen-bond acceptors (Lipinski definition) is 5. The van der Waals surface area contributed by atoms with Gasteiger partial charge in [-0.15, -0.1) is 11.6 Å². The summed E-state index contributed by atoms with van der Waals surface area (Å²) in [6, 6.07) is 20.1. The molecular formula is C33H37ClFN3O5. The van der Waals surface area contributed by atoms with E-state index in [2.05, 4.69) is 0 Å². The Morgan fingerprint density at radius 1 is 0.953 bits per heavy atom. The third kappa shape index (κ3) is 8.04. The molecule has 4 rings (SSSR count). The maximum Gasteiger partial charge on any atom is 0.410 e. The van der Waals surface area contributed by atoms with Crippen LogP contribution in [0.1, 0.15) is 45.7 Å². The molecule has 1 fully saturated rings. The van der Waals surface area contributed by atoms with E-state index in [1.165, 1.54) is 29.2 Å². The number of halogens is 2. The van der Waals surface area contributed by atoms with Crippen LogP contribution >= 0.6 is 11.6 Å². The lowest BCUT2D eigenvalue weighted by atomic mass is 10.0. The first kappa shape index (κ1) is 31.8. The van der Waals surface area contributed by atoms with Crippen LogP contribution in [0.2, 0.25) is 0 Å². The number of piperazine rings is 1. The third-order valence-corrected chi connectivity index (χ3v) is 7.28. The van der Waals surface area contributed by atoms with E-state index in [1.807, 2.05) is 58.0 Å². The highest BCUT2D eigenvalue weighted by Crippen LogP contribution is 2.33. The largest absolute Gasteiger partial charge is 0.457 e. The molecular weight excluding hydrogens is 573 g/mol. The molecule has 2 unspecified atom stereocenters. The number of anilines is 1. The van der Waals surface area contributed by atoms with Crippen LogP contribution in [-0.4, -0.2) is 64.9 Å². The van der Waals surface area contributed by atoms with E-state index < -0.39 is 29.5 Å². The van der Waals surface area contributed by atoms with E-state index in [-0.39, 0.29) is 37.5 Å². The molecule has 0 spiro atoms. The summed E-state index contributed by atoms with van der Waals surface area (Å²) in [6.07, 6.45) is 0.163. The number of carbonyl (C=O) groups is 3. The van der Waals surface area contributed by atoms with Crippen molar-refractivity contribution in [2.45, 2.75) is 51.8 Å². The molecule has 43 heavy (non-hydrogen) atoms. The molecule has 0 aromatic heterocycles. The Morgan fingerprint density at radius 2 is 1.58 bits per heavy atom. The summed E-state index contributed by atoms with van der Waals surface area (Å²) in [5, 5.41) is 0. The second-order valence-electron chi connectivity index (χ2n) is 11.3. The fourth-order valence-electron chi connectivity index (χ4n) is 4.99. The van der Waals surface area contributed by atoms with Gasteiger partial charge in [0.15, 0.2) is 0 Å². The van der Waals surface area contributed by atoms with Crippen molar-refractivity contribution in [2.75, 3.05) is 30.4 Å². The second-order valence-corrected chi connectivity index (χ2v) is 11.5. The molecule has 0 radical (unpaired) electrons. The summed E-state index contributed by atoms with van der Waals surface area (Å²) in [4.78, 5) is 45.3. The molecule has 1 saturated heterocycles. The van der Waals surface area contributed by atoms with Gasteiger partial charge in [0.2, 0.25) is 5.91 Å². The van der Waals surface area contributed by atoms with E-state index >= 15 is 0 Å². The van der Waals surface area contributed by atoms with Crippen LogP contribution in [0.25, 0.3) is 0 Å². The van der Waals surface area contributed by atoms with Gasteiger partial charge < -0.3 is 19.3 Å². The van der Waals surface area contributed by atoms with Gasteiger partial charge in [-0.3, -0.25) is 14.5 Å². The zero-order chi connectivity index (χ0) is 31.1. The predicted octanol–water partition coefficient (Wildman–Crippen LogP) is 6.79. The van der Waals surface area contributed by atoms with Crippen LogP contribution in [0.3, 0.4) is 0 Å². The number of nitrogens with zero attached hydrogens (tertiary/aromatic N) is 3. The topological polar surface area (TPSA) is 79.4 Å². The van der Waals surface area contributed by atoms with Gasteiger partial charge in [0.25, 0.3) is 5.91 Å². The van der Waals surface area contributed by atoms with Crippen LogP contribution in [0.15, 0.2) is 78.9 Å². The van der Waals surface area contributed by atoms with Gasteiger partial charge in [-0.2, -0.15) is 0 Å². The van der Waals surface area contributed by atoms with E-state index in [4.69, 9.17) is 21.1 Å². The first-order chi connectivity index (χ1) is 20.5. The molecule has 1 heterocycles. The van der Waals surface area contributed by atoms with Crippen molar-refractivity contribution in [1.82, 2.24) is 9.80 Å². The van der Waals surface area contributed by atoms with Crippen molar-refractivity contribution in [3.8, 4) is 11.5 Å². The number of ether oxygens (including phenoxy) is 2. The van der Waals surface area contributed by atoms with Crippen molar-refractivity contribution in [3.63, 3.8) is 0 Å². The molecule has 228 valence electrons. The van der Waals surface area contributed by atoms with E-state index in [1.54, 1.807) is 34.1 Å². The zero-order valence-electron chi connectivity index (χ0n) is 24.8. The average molecular weight is 610 g/mol. The Labute approximate surface area is 256 Å². The number of carbonyl (C=O) groups excluding carboxylic acids is 3. The van der Waals surface area contributed by atoms with Crippen LogP contribution in [-0.2, 0) is 14.3 Å². The minimum atomic E-state index is -1.13. The fourth-order valence-corrected chi connectivity index (χ4v) is 5.12. The third-order valence-electron chi connectivity index (χ3n) is 7.05. The van der Waals surface area contributed by atoms with E-state index in [0.717, 1.165) is 0 Å². The van der Waals surface area contributed by atoms with Gasteiger partial charge in [0.1, 0.15) is 34.8 Å². The number of alkyl halides is 1. The molecule has 0 saturated carbocycles. The number of rotatable bonds is 8. The smallest absolute Gasteiger partial charge is 0.410 e. The first-order valence-electron chi connectivity index (χ1n) is 14.3. The minimum Gasteiger partial charge on any atom is -0.457 e. The molecule has 0 bridgehead atoms. The molecule has 1 aliphatic rings. The standard InChI is InChI=1S/C33H37ClFN3O5/c1-5-25-22-36(19-20-37(25)32(41)43-33(2,3)4)31(40)30(23-11-13-24(35)14-12-23)38(29(39)21-34)26-15-17-28(18-16-26)42-27-9-7-6-8-10-27/h6-18,25,30H,5,19-22H2,1-4H3. The van der Waals surface area contributed by atoms with Crippen molar-refractivity contribution < 1.29 is 28.2 Å². The highest BCUT2D eigenvalue weighted by Gasteiger charge is 2.40. The molecule has 3 amide bonds. The lowest BCUT2D eigenvalue weighted by Crippen LogP contribution is -2.59. The zero-order valence-corrected chi connectivity index (χ0v) is 25.6. The molecule has 0 N–H and O–H groups in total. The fraction of sp³-hybridized carbons (Fsp3) is 0.364. The predicted molar refractivity (Wildman–Crippen MR) is 164 cm³/mol. The van der Waals surface area contributed by atoms with Gasteiger partial charge in [-0.05, 0) is 81.3 Å². The minimum absolute atomic E-state index is 0.235. The number of para-hydroxylation sites is 1. The highest BCUT2D eigenvalue weighted by atomic mass is 35.5. The number of hydrogen-bond donors (Lipinski definition) is 0. The normalized spacial score (nSPS) is 15.9. The monoisotopic (exact) mass is 609 g/mol. The van der Waals surface area contributed by atoms with Crippen molar-refractivity contribution >= 4 is 35.2 Å². The van der Waals surface area contributed by atoms with Crippen LogP contribution in [0.5, 0.6) is 11.5 Å². The van der Waals surface area contributed by atoms with Gasteiger partial charge in [-0.1, -0.05) is 37.3 Å². The molecule has 1 aliphatic heterocycles. The molecule has 8 nitrogen and oxygen atoms in total. The SMILES string of the molecule is CCC1CN(C(=O)C(c2ccc(F)cc2)N(C(=O)CCl)c2ccc(Oc3ccccc3)cc2)CCN1C(=O)OC(C)(C)C. The molecule has 3 aromatic carbocycles. The maximum atomic E-state index is 14.3. The maximum absolute atomic E-state index is 14.3. The van der Waals surface area contributed by atoms with E-state index in [9.17, 15) is 18.8 Å². The van der Waals surface area contributed by atoms with Crippen molar-refractivity contribution in [1.29, 1.82) is 0 Å². The van der Waals surface area contributed by atoms with Gasteiger partial charge in [-0.25, -0.2) is 9.18 Å². The highest BCUT2D eigenvalue weighted by molar-refractivity contribution is 6.29. The summed E-state index contributed by atoms with van der Waals surface area (Å²) in [5.74, 6) is -0.514. The van der Waals surface area contributed by atoms with Gasteiger partial charge >= 0.3 is 6.09 Å². The average Bonchev–Trinajstić information content (AvgIpc) is 2.99. The lowest BCUT2D eigenvalue weighted by Gasteiger charge is -2.43. The van der Waals surface area contributed by atoms with Crippen molar-refractivity contribution in [2.24, 2.45) is 0 Å². The Hall–Kier alpha value is -4.11. The first-order valence-corrected chi connectivity index (χ1v) is 14.8. The lowest BCUT2D eigenvalue weighted by molar-refractivity contribution is -0.137.